The number of rotatable bonds is 4. The van der Waals surface area contributed by atoms with Crippen LogP contribution >= 0.6 is 23.2 Å². The summed E-state index contributed by atoms with van der Waals surface area (Å²) < 4.78 is 5.69. The molecule has 1 aromatic rings. The molecule has 0 aliphatic heterocycles. The highest BCUT2D eigenvalue weighted by molar-refractivity contribution is 6.34. The molecule has 0 atom stereocenters. The van der Waals surface area contributed by atoms with E-state index in [1.807, 2.05) is 13.8 Å². The highest BCUT2D eigenvalue weighted by Gasteiger charge is 2.23. The van der Waals surface area contributed by atoms with Crippen molar-refractivity contribution in [3.8, 4) is 5.75 Å². The molecule has 88 valence electrons. The molecule has 0 radical (unpaired) electrons. The Morgan fingerprint density at radius 1 is 1.38 bits per heavy atom. The van der Waals surface area contributed by atoms with Gasteiger partial charge in [0.1, 0.15) is 17.1 Å². The van der Waals surface area contributed by atoms with E-state index in [0.717, 1.165) is 0 Å². The van der Waals surface area contributed by atoms with E-state index in [0.29, 0.717) is 22.2 Å². The predicted octanol–water partition coefficient (Wildman–Crippen LogP) is 4.13. The van der Waals surface area contributed by atoms with E-state index >= 15 is 0 Å². The van der Waals surface area contributed by atoms with Crippen LogP contribution in [-0.2, 0) is 4.79 Å². The van der Waals surface area contributed by atoms with Gasteiger partial charge in [0.25, 0.3) is 0 Å². The van der Waals surface area contributed by atoms with Crippen molar-refractivity contribution in [1.29, 1.82) is 0 Å². The van der Waals surface area contributed by atoms with Crippen molar-refractivity contribution in [1.82, 2.24) is 0 Å². The Balaban J connectivity index is 2.86. The summed E-state index contributed by atoms with van der Waals surface area (Å²) in [6.07, 6.45) is 0.329. The molecule has 0 N–H and O–H groups in total. The summed E-state index contributed by atoms with van der Waals surface area (Å²) >= 11 is 11.8. The van der Waals surface area contributed by atoms with Gasteiger partial charge in [-0.05, 0) is 32.9 Å². The smallest absolute Gasteiger partial charge is 0.140 e. The molecule has 0 amide bonds. The fourth-order valence-electron chi connectivity index (χ4n) is 1.49. The van der Waals surface area contributed by atoms with Gasteiger partial charge in [0.05, 0.1) is 5.02 Å². The van der Waals surface area contributed by atoms with Gasteiger partial charge in [-0.15, -0.1) is 0 Å². The van der Waals surface area contributed by atoms with E-state index in [-0.39, 0.29) is 5.78 Å². The third-order valence-corrected chi connectivity index (χ3v) is 2.50. The molecule has 1 rings (SSSR count). The van der Waals surface area contributed by atoms with Gasteiger partial charge in [0.2, 0.25) is 0 Å². The number of carbonyl (C=O) groups is 1. The molecule has 0 saturated heterocycles. The molecule has 0 bridgehead atoms. The molecule has 0 heterocycles. The molecule has 0 aliphatic rings. The van der Waals surface area contributed by atoms with Crippen LogP contribution in [0.4, 0.5) is 0 Å². The topological polar surface area (TPSA) is 26.3 Å². The SMILES string of the molecule is CC(=O)CC(C)(C)Oc1cc(Cl)ccc1Cl. The molecule has 0 aromatic heterocycles. The zero-order chi connectivity index (χ0) is 12.3. The maximum Gasteiger partial charge on any atom is 0.140 e. The van der Waals surface area contributed by atoms with Gasteiger partial charge in [-0.3, -0.25) is 4.79 Å². The van der Waals surface area contributed by atoms with Gasteiger partial charge in [0, 0.05) is 17.5 Å². The average Bonchev–Trinajstić information content (AvgIpc) is 2.08. The van der Waals surface area contributed by atoms with Crippen LogP contribution in [0.1, 0.15) is 27.2 Å². The maximum atomic E-state index is 11.1. The second kappa shape index (κ2) is 5.07. The minimum Gasteiger partial charge on any atom is -0.486 e. The van der Waals surface area contributed by atoms with Gasteiger partial charge < -0.3 is 4.74 Å². The van der Waals surface area contributed by atoms with Gasteiger partial charge in [0.15, 0.2) is 0 Å². The minimum absolute atomic E-state index is 0.0724. The number of benzene rings is 1. The van der Waals surface area contributed by atoms with Crippen molar-refractivity contribution in [3.63, 3.8) is 0 Å². The lowest BCUT2D eigenvalue weighted by Crippen LogP contribution is -2.30. The first-order valence-corrected chi connectivity index (χ1v) is 5.69. The number of ketones is 1. The first kappa shape index (κ1) is 13.3. The van der Waals surface area contributed by atoms with E-state index in [4.69, 9.17) is 27.9 Å². The molecule has 16 heavy (non-hydrogen) atoms. The van der Waals surface area contributed by atoms with Crippen molar-refractivity contribution < 1.29 is 9.53 Å². The maximum absolute atomic E-state index is 11.1. The lowest BCUT2D eigenvalue weighted by molar-refractivity contribution is -0.120. The van der Waals surface area contributed by atoms with E-state index < -0.39 is 5.60 Å². The Morgan fingerprint density at radius 2 is 2.00 bits per heavy atom. The standard InChI is InChI=1S/C12H14Cl2O2/c1-8(15)7-12(2,3)16-11-6-9(13)4-5-10(11)14/h4-6H,7H2,1-3H3. The predicted molar refractivity (Wildman–Crippen MR) is 66.5 cm³/mol. The summed E-state index contributed by atoms with van der Waals surface area (Å²) in [5, 5.41) is 1.04. The summed E-state index contributed by atoms with van der Waals surface area (Å²) in [6, 6.07) is 5.00. The highest BCUT2D eigenvalue weighted by atomic mass is 35.5. The Hall–Kier alpha value is -0.730. The van der Waals surface area contributed by atoms with Crippen LogP contribution in [0.2, 0.25) is 10.0 Å². The zero-order valence-electron chi connectivity index (χ0n) is 9.51. The van der Waals surface area contributed by atoms with Crippen LogP contribution < -0.4 is 4.74 Å². The summed E-state index contributed by atoms with van der Waals surface area (Å²) in [5.41, 5.74) is -0.583. The van der Waals surface area contributed by atoms with Crippen LogP contribution in [-0.4, -0.2) is 11.4 Å². The van der Waals surface area contributed by atoms with Crippen LogP contribution in [0, 0.1) is 0 Å². The Labute approximate surface area is 106 Å². The number of ether oxygens (including phenoxy) is 1. The van der Waals surface area contributed by atoms with Crippen LogP contribution in [0.3, 0.4) is 0 Å². The molecule has 0 saturated carbocycles. The molecule has 1 aromatic carbocycles. The molecule has 0 fully saturated rings. The number of hydrogen-bond donors (Lipinski definition) is 0. The Bertz CT molecular complexity index is 400. The lowest BCUT2D eigenvalue weighted by atomic mass is 10.0. The fourth-order valence-corrected chi connectivity index (χ4v) is 1.81. The fraction of sp³-hybridized carbons (Fsp3) is 0.417. The number of hydrogen-bond acceptors (Lipinski definition) is 2. The second-order valence-corrected chi connectivity index (χ2v) is 5.16. The molecule has 0 aliphatic carbocycles. The average molecular weight is 261 g/mol. The summed E-state index contributed by atoms with van der Waals surface area (Å²) in [4.78, 5) is 11.1. The normalized spacial score (nSPS) is 11.3. The summed E-state index contributed by atoms with van der Waals surface area (Å²) in [5.74, 6) is 0.573. The monoisotopic (exact) mass is 260 g/mol. The molecular formula is C12H14Cl2O2. The van der Waals surface area contributed by atoms with Gasteiger partial charge in [-0.2, -0.15) is 0 Å². The van der Waals surface area contributed by atoms with Crippen molar-refractivity contribution >= 4 is 29.0 Å². The van der Waals surface area contributed by atoms with Crippen molar-refractivity contribution in [2.75, 3.05) is 0 Å². The van der Waals surface area contributed by atoms with Crippen molar-refractivity contribution in [3.05, 3.63) is 28.2 Å². The Morgan fingerprint density at radius 3 is 2.56 bits per heavy atom. The van der Waals surface area contributed by atoms with Crippen LogP contribution in [0.5, 0.6) is 5.75 Å². The third kappa shape index (κ3) is 4.03. The molecular weight excluding hydrogens is 247 g/mol. The van der Waals surface area contributed by atoms with Gasteiger partial charge >= 0.3 is 0 Å². The van der Waals surface area contributed by atoms with Gasteiger partial charge in [-0.25, -0.2) is 0 Å². The van der Waals surface area contributed by atoms with Crippen molar-refractivity contribution in [2.24, 2.45) is 0 Å². The van der Waals surface area contributed by atoms with E-state index in [1.165, 1.54) is 6.92 Å². The molecule has 4 heteroatoms. The molecule has 2 nitrogen and oxygen atoms in total. The van der Waals surface area contributed by atoms with Crippen LogP contribution in [0.25, 0.3) is 0 Å². The summed E-state index contributed by atoms with van der Waals surface area (Å²) in [7, 11) is 0. The molecule has 0 unspecified atom stereocenters. The lowest BCUT2D eigenvalue weighted by Gasteiger charge is -2.26. The van der Waals surface area contributed by atoms with Crippen LogP contribution in [0.15, 0.2) is 18.2 Å². The third-order valence-electron chi connectivity index (χ3n) is 1.95. The number of halogens is 2. The second-order valence-electron chi connectivity index (χ2n) is 4.32. The van der Waals surface area contributed by atoms with E-state index in [2.05, 4.69) is 0 Å². The number of Topliss-reactive ketones (excluding diaryl/α,β-unsaturated/α-hetero) is 1. The minimum atomic E-state index is -0.583. The Kier molecular flexibility index (Phi) is 4.22. The van der Waals surface area contributed by atoms with E-state index in [1.54, 1.807) is 18.2 Å². The zero-order valence-corrected chi connectivity index (χ0v) is 11.0. The summed E-state index contributed by atoms with van der Waals surface area (Å²) in [6.45, 7) is 5.21. The largest absolute Gasteiger partial charge is 0.486 e. The van der Waals surface area contributed by atoms with Gasteiger partial charge in [-0.1, -0.05) is 23.2 Å². The van der Waals surface area contributed by atoms with E-state index in [9.17, 15) is 4.79 Å². The highest BCUT2D eigenvalue weighted by Crippen LogP contribution is 2.31. The van der Waals surface area contributed by atoms with Crippen molar-refractivity contribution in [2.45, 2.75) is 32.8 Å². The number of carbonyl (C=O) groups excluding carboxylic acids is 1. The first-order chi connectivity index (χ1) is 7.30. The quantitative estimate of drug-likeness (QED) is 0.814. The molecule has 0 spiro atoms. The first-order valence-electron chi connectivity index (χ1n) is 4.94.